The highest BCUT2D eigenvalue weighted by Gasteiger charge is 2.19. The fraction of sp³-hybridized carbons (Fsp3) is 0.200. The number of sulfonamides is 1. The second kappa shape index (κ2) is 6.69. The van der Waals surface area contributed by atoms with Gasteiger partial charge in [-0.05, 0) is 25.1 Å². The Morgan fingerprint density at radius 3 is 2.48 bits per heavy atom. The summed E-state index contributed by atoms with van der Waals surface area (Å²) in [7, 11) is -3.97. The SMILES string of the molecule is CCOCc1ccccc1NS(=O)(=O)c1ccccc1F. The zero-order valence-corrected chi connectivity index (χ0v) is 12.4. The quantitative estimate of drug-likeness (QED) is 0.891. The number of hydrogen-bond acceptors (Lipinski definition) is 3. The summed E-state index contributed by atoms with van der Waals surface area (Å²) in [5.74, 6) is -0.785. The van der Waals surface area contributed by atoms with Crippen molar-refractivity contribution in [1.82, 2.24) is 0 Å². The van der Waals surface area contributed by atoms with Crippen LogP contribution in [0.2, 0.25) is 0 Å². The maximum Gasteiger partial charge on any atom is 0.264 e. The van der Waals surface area contributed by atoms with Crippen LogP contribution in [0.5, 0.6) is 0 Å². The van der Waals surface area contributed by atoms with Gasteiger partial charge < -0.3 is 4.74 Å². The Labute approximate surface area is 123 Å². The van der Waals surface area contributed by atoms with Crippen molar-refractivity contribution < 1.29 is 17.5 Å². The number of anilines is 1. The summed E-state index contributed by atoms with van der Waals surface area (Å²) in [6, 6.07) is 12.1. The van der Waals surface area contributed by atoms with Crippen LogP contribution in [0.1, 0.15) is 12.5 Å². The van der Waals surface area contributed by atoms with Crippen LogP contribution < -0.4 is 4.72 Å². The number of halogens is 1. The molecule has 0 fully saturated rings. The predicted octanol–water partition coefficient (Wildman–Crippen LogP) is 3.16. The molecule has 0 saturated heterocycles. The second-order valence-electron chi connectivity index (χ2n) is 4.33. The maximum atomic E-state index is 13.6. The van der Waals surface area contributed by atoms with Crippen molar-refractivity contribution in [3.8, 4) is 0 Å². The van der Waals surface area contributed by atoms with E-state index < -0.39 is 15.8 Å². The molecular formula is C15H16FNO3S. The highest BCUT2D eigenvalue weighted by atomic mass is 32.2. The molecule has 1 N–H and O–H groups in total. The fourth-order valence-corrected chi connectivity index (χ4v) is 3.00. The van der Waals surface area contributed by atoms with E-state index in [0.717, 1.165) is 6.07 Å². The molecule has 2 rings (SSSR count). The van der Waals surface area contributed by atoms with E-state index >= 15 is 0 Å². The largest absolute Gasteiger partial charge is 0.377 e. The summed E-state index contributed by atoms with van der Waals surface area (Å²) in [5.41, 5.74) is 1.08. The molecule has 0 aromatic heterocycles. The van der Waals surface area contributed by atoms with E-state index in [-0.39, 0.29) is 11.5 Å². The van der Waals surface area contributed by atoms with Crippen molar-refractivity contribution in [3.63, 3.8) is 0 Å². The van der Waals surface area contributed by atoms with Crippen LogP contribution in [-0.4, -0.2) is 15.0 Å². The van der Waals surface area contributed by atoms with Crippen LogP contribution in [0.25, 0.3) is 0 Å². The monoisotopic (exact) mass is 309 g/mol. The van der Waals surface area contributed by atoms with Crippen molar-refractivity contribution in [3.05, 3.63) is 59.9 Å². The minimum Gasteiger partial charge on any atom is -0.377 e. The van der Waals surface area contributed by atoms with Crippen LogP contribution in [0.15, 0.2) is 53.4 Å². The highest BCUT2D eigenvalue weighted by molar-refractivity contribution is 7.92. The molecule has 0 radical (unpaired) electrons. The van der Waals surface area contributed by atoms with Gasteiger partial charge >= 0.3 is 0 Å². The number of para-hydroxylation sites is 1. The molecule has 4 nitrogen and oxygen atoms in total. The minimum absolute atomic E-state index is 0.284. The van der Waals surface area contributed by atoms with Crippen LogP contribution >= 0.6 is 0 Å². The summed E-state index contributed by atoms with van der Waals surface area (Å²) in [4.78, 5) is -0.379. The van der Waals surface area contributed by atoms with Crippen molar-refractivity contribution in [1.29, 1.82) is 0 Å². The van der Waals surface area contributed by atoms with Gasteiger partial charge in [0, 0.05) is 12.2 Å². The van der Waals surface area contributed by atoms with Crippen molar-refractivity contribution in [2.75, 3.05) is 11.3 Å². The summed E-state index contributed by atoms with van der Waals surface area (Å²) in [5, 5.41) is 0. The van der Waals surface area contributed by atoms with Gasteiger partial charge in [-0.1, -0.05) is 30.3 Å². The van der Waals surface area contributed by atoms with Gasteiger partial charge in [-0.25, -0.2) is 12.8 Å². The number of ether oxygens (including phenoxy) is 1. The molecule has 2 aromatic rings. The smallest absolute Gasteiger partial charge is 0.264 e. The minimum atomic E-state index is -3.97. The van der Waals surface area contributed by atoms with E-state index in [4.69, 9.17) is 4.74 Å². The first-order valence-corrected chi connectivity index (χ1v) is 7.96. The van der Waals surface area contributed by atoms with E-state index in [1.165, 1.54) is 18.2 Å². The Bertz CT molecular complexity index is 716. The summed E-state index contributed by atoms with van der Waals surface area (Å²) in [6.45, 7) is 2.66. The summed E-state index contributed by atoms with van der Waals surface area (Å²) < 4.78 is 45.9. The van der Waals surface area contributed by atoms with Gasteiger partial charge in [-0.3, -0.25) is 4.72 Å². The van der Waals surface area contributed by atoms with Crippen molar-refractivity contribution in [2.45, 2.75) is 18.4 Å². The summed E-state index contributed by atoms with van der Waals surface area (Å²) in [6.07, 6.45) is 0. The van der Waals surface area contributed by atoms with E-state index in [9.17, 15) is 12.8 Å². The molecule has 0 aliphatic rings. The average molecular weight is 309 g/mol. The van der Waals surface area contributed by atoms with Gasteiger partial charge in [0.25, 0.3) is 10.0 Å². The van der Waals surface area contributed by atoms with Gasteiger partial charge in [0.15, 0.2) is 0 Å². The molecule has 112 valence electrons. The lowest BCUT2D eigenvalue weighted by atomic mass is 10.2. The standard InChI is InChI=1S/C15H16FNO3S/c1-2-20-11-12-7-3-5-9-14(12)17-21(18,19)15-10-6-4-8-13(15)16/h3-10,17H,2,11H2,1H3. The number of hydrogen-bond donors (Lipinski definition) is 1. The lowest BCUT2D eigenvalue weighted by Gasteiger charge is -2.13. The first-order valence-electron chi connectivity index (χ1n) is 6.47. The lowest BCUT2D eigenvalue weighted by molar-refractivity contribution is 0.134. The third kappa shape index (κ3) is 3.80. The molecule has 0 aliphatic heterocycles. The molecule has 0 atom stereocenters. The molecular weight excluding hydrogens is 293 g/mol. The molecule has 0 unspecified atom stereocenters. The molecule has 2 aromatic carbocycles. The molecule has 0 saturated carbocycles. The second-order valence-corrected chi connectivity index (χ2v) is 5.98. The third-order valence-electron chi connectivity index (χ3n) is 2.85. The Balaban J connectivity index is 2.31. The van der Waals surface area contributed by atoms with Gasteiger partial charge in [-0.15, -0.1) is 0 Å². The molecule has 21 heavy (non-hydrogen) atoms. The third-order valence-corrected chi connectivity index (χ3v) is 4.25. The van der Waals surface area contributed by atoms with E-state index in [2.05, 4.69) is 4.72 Å². The van der Waals surface area contributed by atoms with Crippen LogP contribution in [-0.2, 0) is 21.4 Å². The summed E-state index contributed by atoms with van der Waals surface area (Å²) >= 11 is 0. The van der Waals surface area contributed by atoms with Crippen molar-refractivity contribution in [2.24, 2.45) is 0 Å². The van der Waals surface area contributed by atoms with E-state index in [0.29, 0.717) is 17.9 Å². The van der Waals surface area contributed by atoms with Crippen LogP contribution in [0.3, 0.4) is 0 Å². The Morgan fingerprint density at radius 1 is 1.10 bits per heavy atom. The van der Waals surface area contributed by atoms with Gasteiger partial charge in [0.2, 0.25) is 0 Å². The van der Waals surface area contributed by atoms with Crippen molar-refractivity contribution >= 4 is 15.7 Å². The molecule has 0 bridgehead atoms. The fourth-order valence-electron chi connectivity index (χ4n) is 1.82. The average Bonchev–Trinajstić information content (AvgIpc) is 2.46. The normalized spacial score (nSPS) is 11.3. The molecule has 0 spiro atoms. The van der Waals surface area contributed by atoms with E-state index in [1.54, 1.807) is 24.3 Å². The molecule has 0 heterocycles. The Hall–Kier alpha value is -1.92. The van der Waals surface area contributed by atoms with Crippen LogP contribution in [0.4, 0.5) is 10.1 Å². The molecule has 0 aliphatic carbocycles. The van der Waals surface area contributed by atoms with E-state index in [1.807, 2.05) is 6.92 Å². The maximum absolute atomic E-state index is 13.6. The zero-order chi connectivity index (χ0) is 15.3. The predicted molar refractivity (Wildman–Crippen MR) is 79.0 cm³/mol. The molecule has 6 heteroatoms. The number of nitrogens with one attached hydrogen (secondary N) is 1. The topological polar surface area (TPSA) is 55.4 Å². The first-order chi connectivity index (χ1) is 10.0. The highest BCUT2D eigenvalue weighted by Crippen LogP contribution is 2.22. The van der Waals surface area contributed by atoms with Gasteiger partial charge in [0.1, 0.15) is 10.7 Å². The Morgan fingerprint density at radius 2 is 1.76 bits per heavy atom. The number of benzene rings is 2. The number of rotatable bonds is 6. The van der Waals surface area contributed by atoms with Gasteiger partial charge in [-0.2, -0.15) is 0 Å². The van der Waals surface area contributed by atoms with Gasteiger partial charge in [0.05, 0.1) is 12.3 Å². The first kappa shape index (κ1) is 15.5. The zero-order valence-electron chi connectivity index (χ0n) is 11.5. The lowest BCUT2D eigenvalue weighted by Crippen LogP contribution is -2.15. The molecule has 0 amide bonds. The van der Waals surface area contributed by atoms with Crippen LogP contribution in [0, 0.1) is 5.82 Å². The Kier molecular flexibility index (Phi) is 4.93.